The van der Waals surface area contributed by atoms with E-state index in [1.165, 1.54) is 4.90 Å². The first-order valence-corrected chi connectivity index (χ1v) is 9.21. The van der Waals surface area contributed by atoms with Gasteiger partial charge in [0.15, 0.2) is 6.61 Å². The van der Waals surface area contributed by atoms with Crippen molar-refractivity contribution in [1.29, 1.82) is 0 Å². The standard InChI is InChI=1S/C19H25ClN2O5/c1-12-8-15(9-13(2)18(12)20)27-11-17(24)21(3)10-16(23)22-6-4-14(5-7-22)19(25)26/h8-9,14H,4-7,10-11H2,1-3H3,(H,25,26). The number of hydrogen-bond acceptors (Lipinski definition) is 4. The number of likely N-dealkylation sites (tertiary alicyclic amines) is 1. The first-order chi connectivity index (χ1) is 12.7. The highest BCUT2D eigenvalue weighted by Crippen LogP contribution is 2.25. The first-order valence-electron chi connectivity index (χ1n) is 8.83. The van der Waals surface area contributed by atoms with Gasteiger partial charge < -0.3 is 19.6 Å². The second-order valence-electron chi connectivity index (χ2n) is 6.90. The first kappa shape index (κ1) is 21.0. The Balaban J connectivity index is 1.81. The summed E-state index contributed by atoms with van der Waals surface area (Å²) in [6, 6.07) is 3.53. The molecule has 8 heteroatoms. The number of amides is 2. The van der Waals surface area contributed by atoms with Gasteiger partial charge in [0.25, 0.3) is 5.91 Å². The van der Waals surface area contributed by atoms with E-state index in [4.69, 9.17) is 21.4 Å². The SMILES string of the molecule is Cc1cc(OCC(=O)N(C)CC(=O)N2CCC(C(=O)O)CC2)cc(C)c1Cl. The van der Waals surface area contributed by atoms with Crippen LogP contribution in [0.2, 0.25) is 5.02 Å². The normalized spacial score (nSPS) is 14.7. The lowest BCUT2D eigenvalue weighted by atomic mass is 9.97. The minimum Gasteiger partial charge on any atom is -0.484 e. The molecule has 1 fully saturated rings. The van der Waals surface area contributed by atoms with Crippen LogP contribution in [0.5, 0.6) is 5.75 Å². The molecule has 1 N–H and O–H groups in total. The zero-order valence-corrected chi connectivity index (χ0v) is 16.6. The van der Waals surface area contributed by atoms with E-state index in [0.29, 0.717) is 36.7 Å². The Bertz CT molecular complexity index is 706. The molecule has 0 saturated carbocycles. The molecule has 148 valence electrons. The van der Waals surface area contributed by atoms with E-state index in [1.807, 2.05) is 13.8 Å². The van der Waals surface area contributed by atoms with Gasteiger partial charge in [-0.2, -0.15) is 0 Å². The second kappa shape index (κ2) is 9.08. The van der Waals surface area contributed by atoms with Crippen molar-refractivity contribution >= 4 is 29.4 Å². The summed E-state index contributed by atoms with van der Waals surface area (Å²) in [6.45, 7) is 4.30. The second-order valence-corrected chi connectivity index (χ2v) is 7.28. The van der Waals surface area contributed by atoms with Gasteiger partial charge in [-0.15, -0.1) is 0 Å². The lowest BCUT2D eigenvalue weighted by Gasteiger charge is -2.31. The molecule has 2 rings (SSSR count). The number of benzene rings is 1. The largest absolute Gasteiger partial charge is 0.484 e. The highest BCUT2D eigenvalue weighted by molar-refractivity contribution is 6.32. The van der Waals surface area contributed by atoms with Gasteiger partial charge >= 0.3 is 5.97 Å². The van der Waals surface area contributed by atoms with E-state index in [0.717, 1.165) is 11.1 Å². The molecule has 1 saturated heterocycles. The van der Waals surface area contributed by atoms with Gasteiger partial charge in [0.1, 0.15) is 5.75 Å². The van der Waals surface area contributed by atoms with Crippen molar-refractivity contribution in [1.82, 2.24) is 9.80 Å². The third kappa shape index (κ3) is 5.60. The lowest BCUT2D eigenvalue weighted by molar-refractivity contribution is -0.146. The monoisotopic (exact) mass is 396 g/mol. The van der Waals surface area contributed by atoms with Gasteiger partial charge in [-0.1, -0.05) is 11.6 Å². The molecule has 0 aromatic heterocycles. The average Bonchev–Trinajstić information content (AvgIpc) is 2.63. The quantitative estimate of drug-likeness (QED) is 0.795. The van der Waals surface area contributed by atoms with Crippen LogP contribution < -0.4 is 4.74 Å². The molecule has 1 aliphatic rings. The van der Waals surface area contributed by atoms with Crippen LogP contribution in [0.15, 0.2) is 12.1 Å². The van der Waals surface area contributed by atoms with E-state index in [1.54, 1.807) is 24.1 Å². The number of piperidine rings is 1. The fourth-order valence-corrected chi connectivity index (χ4v) is 3.12. The summed E-state index contributed by atoms with van der Waals surface area (Å²) >= 11 is 6.11. The molecule has 1 aliphatic heterocycles. The number of carboxylic acid groups (broad SMARTS) is 1. The number of rotatable bonds is 6. The van der Waals surface area contributed by atoms with Gasteiger partial charge in [0.05, 0.1) is 12.5 Å². The Kier molecular flexibility index (Phi) is 7.07. The predicted octanol–water partition coefficient (Wildman–Crippen LogP) is 2.12. The number of nitrogens with zero attached hydrogens (tertiary/aromatic N) is 2. The maximum atomic E-state index is 12.3. The van der Waals surface area contributed by atoms with E-state index < -0.39 is 11.9 Å². The van der Waals surface area contributed by atoms with Crippen LogP contribution in [0.3, 0.4) is 0 Å². The lowest BCUT2D eigenvalue weighted by Crippen LogP contribution is -2.46. The van der Waals surface area contributed by atoms with Crippen molar-refractivity contribution < 1.29 is 24.2 Å². The van der Waals surface area contributed by atoms with Crippen LogP contribution in [0.4, 0.5) is 0 Å². The molecule has 0 unspecified atom stereocenters. The van der Waals surface area contributed by atoms with Crippen LogP contribution in [0.25, 0.3) is 0 Å². The van der Waals surface area contributed by atoms with Crippen molar-refractivity contribution in [3.8, 4) is 5.75 Å². The molecule has 27 heavy (non-hydrogen) atoms. The Morgan fingerprint density at radius 1 is 1.22 bits per heavy atom. The molecule has 0 spiro atoms. The number of aliphatic carboxylic acids is 1. The van der Waals surface area contributed by atoms with E-state index in [-0.39, 0.29) is 25.0 Å². The molecule has 0 atom stereocenters. The summed E-state index contributed by atoms with van der Waals surface area (Å²) in [5.74, 6) is -1.16. The maximum Gasteiger partial charge on any atom is 0.306 e. The minimum atomic E-state index is -0.820. The Hall–Kier alpha value is -2.28. The number of carbonyl (C=O) groups is 3. The van der Waals surface area contributed by atoms with Gasteiger partial charge in [-0.05, 0) is 49.9 Å². The van der Waals surface area contributed by atoms with Gasteiger partial charge in [-0.3, -0.25) is 14.4 Å². The zero-order valence-electron chi connectivity index (χ0n) is 15.8. The molecule has 1 aromatic rings. The molecule has 0 aliphatic carbocycles. The number of carbonyl (C=O) groups excluding carboxylic acids is 2. The zero-order chi connectivity index (χ0) is 20.1. The molecule has 1 aromatic carbocycles. The molecule has 2 amide bonds. The van der Waals surface area contributed by atoms with E-state index in [2.05, 4.69) is 0 Å². The van der Waals surface area contributed by atoms with Crippen molar-refractivity contribution in [3.05, 3.63) is 28.3 Å². The summed E-state index contributed by atoms with van der Waals surface area (Å²) in [5, 5.41) is 9.68. The number of halogens is 1. The summed E-state index contributed by atoms with van der Waals surface area (Å²) in [5.41, 5.74) is 1.74. The molecule has 0 radical (unpaired) electrons. The number of carboxylic acids is 1. The van der Waals surface area contributed by atoms with Gasteiger partial charge in [0.2, 0.25) is 5.91 Å². The molecular weight excluding hydrogens is 372 g/mol. The van der Waals surface area contributed by atoms with Crippen molar-refractivity contribution in [2.75, 3.05) is 33.3 Å². The van der Waals surface area contributed by atoms with Crippen LogP contribution in [0, 0.1) is 19.8 Å². The van der Waals surface area contributed by atoms with Gasteiger partial charge in [0, 0.05) is 25.2 Å². The third-order valence-corrected chi connectivity index (χ3v) is 5.36. The highest BCUT2D eigenvalue weighted by atomic mass is 35.5. The number of hydrogen-bond donors (Lipinski definition) is 1. The highest BCUT2D eigenvalue weighted by Gasteiger charge is 2.27. The van der Waals surface area contributed by atoms with E-state index >= 15 is 0 Å². The van der Waals surface area contributed by atoms with Crippen LogP contribution >= 0.6 is 11.6 Å². The van der Waals surface area contributed by atoms with E-state index in [9.17, 15) is 14.4 Å². The third-order valence-electron chi connectivity index (χ3n) is 4.77. The Labute approximate surface area is 163 Å². The Morgan fingerprint density at radius 3 is 2.30 bits per heavy atom. The van der Waals surface area contributed by atoms with Crippen molar-refractivity contribution in [2.45, 2.75) is 26.7 Å². The fraction of sp³-hybridized carbons (Fsp3) is 0.526. The minimum absolute atomic E-state index is 0.0569. The van der Waals surface area contributed by atoms with Gasteiger partial charge in [-0.25, -0.2) is 0 Å². The van der Waals surface area contributed by atoms with Crippen LogP contribution in [-0.2, 0) is 14.4 Å². The molecule has 0 bridgehead atoms. The number of likely N-dealkylation sites (N-methyl/N-ethyl adjacent to an activating group) is 1. The number of ether oxygens (including phenoxy) is 1. The summed E-state index contributed by atoms with van der Waals surface area (Å²) in [6.07, 6.45) is 0.883. The summed E-state index contributed by atoms with van der Waals surface area (Å²) < 4.78 is 5.53. The van der Waals surface area contributed by atoms with Crippen molar-refractivity contribution in [3.63, 3.8) is 0 Å². The summed E-state index contributed by atoms with van der Waals surface area (Å²) in [4.78, 5) is 38.5. The molecule has 7 nitrogen and oxygen atoms in total. The Morgan fingerprint density at radius 2 is 1.78 bits per heavy atom. The molecule has 1 heterocycles. The summed E-state index contributed by atoms with van der Waals surface area (Å²) in [7, 11) is 1.55. The average molecular weight is 397 g/mol. The predicted molar refractivity (Wildman–Crippen MR) is 101 cm³/mol. The fourth-order valence-electron chi connectivity index (χ4n) is 3.01. The topological polar surface area (TPSA) is 87.2 Å². The smallest absolute Gasteiger partial charge is 0.306 e. The van der Waals surface area contributed by atoms with Crippen LogP contribution in [0.1, 0.15) is 24.0 Å². The number of aryl methyl sites for hydroxylation is 2. The van der Waals surface area contributed by atoms with Crippen molar-refractivity contribution in [2.24, 2.45) is 5.92 Å². The maximum absolute atomic E-state index is 12.3. The molecular formula is C19H25ClN2O5. The van der Waals surface area contributed by atoms with Crippen LogP contribution in [-0.4, -0.2) is 66.0 Å².